The van der Waals surface area contributed by atoms with Gasteiger partial charge in [-0.15, -0.1) is 0 Å². The quantitative estimate of drug-likeness (QED) is 0.484. The molecule has 1 fully saturated rings. The van der Waals surface area contributed by atoms with Crippen LogP contribution in [0.2, 0.25) is 0 Å². The molecule has 2 amide bonds. The molecule has 31 heavy (non-hydrogen) atoms. The highest BCUT2D eigenvalue weighted by Gasteiger charge is 2.35. The molecular weight excluding hydrogens is 418 g/mol. The van der Waals surface area contributed by atoms with Gasteiger partial charge in [0.05, 0.1) is 5.69 Å². The number of phenols is 1. The fourth-order valence-electron chi connectivity index (χ4n) is 3.45. The first-order chi connectivity index (χ1) is 14.8. The Balaban J connectivity index is 1.37. The zero-order valence-electron chi connectivity index (χ0n) is 17.2. The number of rotatable bonds is 10. The summed E-state index contributed by atoms with van der Waals surface area (Å²) in [5, 5.41) is 13.1. The molecule has 1 aliphatic rings. The Morgan fingerprint density at radius 3 is 2.48 bits per heavy atom. The Labute approximate surface area is 182 Å². The van der Waals surface area contributed by atoms with Crippen molar-refractivity contribution in [1.29, 1.82) is 0 Å². The number of anilines is 1. The molecule has 166 valence electrons. The van der Waals surface area contributed by atoms with Crippen molar-refractivity contribution in [2.24, 2.45) is 0 Å². The van der Waals surface area contributed by atoms with E-state index in [1.807, 2.05) is 22.9 Å². The topological polar surface area (TPSA) is 116 Å². The monoisotopic (exact) mass is 445 g/mol. The maximum Gasteiger partial charge on any atom is 0.326 e. The van der Waals surface area contributed by atoms with Crippen LogP contribution >= 0.6 is 0 Å². The molecule has 0 atom stereocenters. The van der Waals surface area contributed by atoms with E-state index in [0.29, 0.717) is 18.5 Å². The molecule has 0 aromatic heterocycles. The van der Waals surface area contributed by atoms with Gasteiger partial charge < -0.3 is 10.4 Å². The van der Waals surface area contributed by atoms with Crippen LogP contribution in [0.5, 0.6) is 5.75 Å². The first-order valence-electron chi connectivity index (χ1n) is 10.3. The molecule has 0 bridgehead atoms. The predicted octanol–water partition coefficient (Wildman–Crippen LogP) is 2.03. The minimum absolute atomic E-state index is 0.0297. The van der Waals surface area contributed by atoms with Gasteiger partial charge >= 0.3 is 10.2 Å². The minimum atomic E-state index is -3.97. The zero-order valence-corrected chi connectivity index (χ0v) is 18.0. The molecule has 2 aromatic rings. The van der Waals surface area contributed by atoms with Crippen LogP contribution in [-0.4, -0.2) is 38.4 Å². The van der Waals surface area contributed by atoms with Crippen molar-refractivity contribution in [3.05, 3.63) is 59.7 Å². The smallest absolute Gasteiger partial charge is 0.326 e. The number of hydrogen-bond donors (Lipinski definition) is 3. The van der Waals surface area contributed by atoms with Gasteiger partial charge in [-0.25, -0.2) is 9.03 Å². The maximum atomic E-state index is 12.0. The number of carbonyl (C=O) groups excluding carboxylic acids is 2. The van der Waals surface area contributed by atoms with Gasteiger partial charge in [-0.1, -0.05) is 42.8 Å². The second-order valence-electron chi connectivity index (χ2n) is 7.51. The average molecular weight is 446 g/mol. The fraction of sp³-hybridized carbons (Fsp3) is 0.364. The Morgan fingerprint density at radius 1 is 1.03 bits per heavy atom. The normalized spacial score (nSPS) is 15.0. The van der Waals surface area contributed by atoms with Gasteiger partial charge in [-0.3, -0.25) is 9.59 Å². The molecule has 2 aromatic carbocycles. The van der Waals surface area contributed by atoms with Crippen LogP contribution in [0, 0.1) is 0 Å². The maximum absolute atomic E-state index is 12.0. The van der Waals surface area contributed by atoms with Crippen molar-refractivity contribution in [3.8, 4) is 5.75 Å². The van der Waals surface area contributed by atoms with Crippen LogP contribution in [0.4, 0.5) is 5.69 Å². The van der Waals surface area contributed by atoms with Crippen molar-refractivity contribution in [3.63, 3.8) is 0 Å². The van der Waals surface area contributed by atoms with Gasteiger partial charge in [0.1, 0.15) is 12.3 Å². The largest absolute Gasteiger partial charge is 0.506 e. The predicted molar refractivity (Wildman–Crippen MR) is 118 cm³/mol. The molecule has 3 N–H and O–H groups in total. The van der Waals surface area contributed by atoms with Gasteiger partial charge in [0.25, 0.3) is 5.91 Å². The van der Waals surface area contributed by atoms with Crippen molar-refractivity contribution < 1.29 is 23.1 Å². The third kappa shape index (κ3) is 6.45. The van der Waals surface area contributed by atoms with Crippen molar-refractivity contribution >= 4 is 27.7 Å². The van der Waals surface area contributed by atoms with E-state index in [2.05, 4.69) is 17.4 Å². The minimum Gasteiger partial charge on any atom is -0.506 e. The SMILES string of the molecule is O=C(CCc1ccc(N2CC(=O)NS2(=O)=O)c(O)c1)NCCCCCc1ccccc1. The van der Waals surface area contributed by atoms with E-state index in [0.717, 1.165) is 30.0 Å². The van der Waals surface area contributed by atoms with E-state index >= 15 is 0 Å². The molecule has 0 unspecified atom stereocenters. The summed E-state index contributed by atoms with van der Waals surface area (Å²) in [4.78, 5) is 23.4. The van der Waals surface area contributed by atoms with Crippen LogP contribution in [0.15, 0.2) is 48.5 Å². The number of nitrogens with one attached hydrogen (secondary N) is 2. The highest BCUT2D eigenvalue weighted by Crippen LogP contribution is 2.31. The van der Waals surface area contributed by atoms with Crippen molar-refractivity contribution in [2.75, 3.05) is 17.4 Å². The highest BCUT2D eigenvalue weighted by molar-refractivity contribution is 7.92. The van der Waals surface area contributed by atoms with Gasteiger partial charge in [0.2, 0.25) is 5.91 Å². The number of phenolic OH excluding ortho intramolecular Hbond substituents is 1. The Bertz CT molecular complexity index is 1020. The molecular formula is C22H27N3O5S. The summed E-state index contributed by atoms with van der Waals surface area (Å²) in [7, 11) is -3.97. The summed E-state index contributed by atoms with van der Waals surface area (Å²) in [5.41, 5.74) is 2.06. The van der Waals surface area contributed by atoms with E-state index in [9.17, 15) is 23.1 Å². The summed E-state index contributed by atoms with van der Waals surface area (Å²) in [5.74, 6) is -0.972. The fourth-order valence-corrected chi connectivity index (χ4v) is 4.61. The van der Waals surface area contributed by atoms with E-state index in [1.165, 1.54) is 17.7 Å². The van der Waals surface area contributed by atoms with Crippen LogP contribution in [0.1, 0.15) is 36.8 Å². The number of hydrogen-bond acceptors (Lipinski definition) is 5. The standard InChI is InChI=1S/C22H27N3O5S/c26-20-15-18(10-12-19(20)25-16-22(28)24-31(25,29)30)11-13-21(27)23-14-6-2-5-9-17-7-3-1-4-8-17/h1,3-4,7-8,10,12,15,26H,2,5-6,9,11,13-14,16H2,(H,23,27)(H,24,28). The lowest BCUT2D eigenvalue weighted by Crippen LogP contribution is -2.29. The molecule has 3 rings (SSSR count). The molecule has 1 heterocycles. The molecule has 9 heteroatoms. The summed E-state index contributed by atoms with van der Waals surface area (Å²) < 4.78 is 26.5. The van der Waals surface area contributed by atoms with Crippen molar-refractivity contribution in [2.45, 2.75) is 38.5 Å². The van der Waals surface area contributed by atoms with Crippen molar-refractivity contribution in [1.82, 2.24) is 10.0 Å². The second-order valence-corrected chi connectivity index (χ2v) is 9.10. The third-order valence-electron chi connectivity index (χ3n) is 5.08. The summed E-state index contributed by atoms with van der Waals surface area (Å²) in [6.45, 7) is 0.259. The van der Waals surface area contributed by atoms with E-state index in [4.69, 9.17) is 0 Å². The molecule has 0 radical (unpaired) electrons. The Morgan fingerprint density at radius 2 is 1.81 bits per heavy atom. The summed E-state index contributed by atoms with van der Waals surface area (Å²) in [6.07, 6.45) is 4.77. The Hall–Kier alpha value is -3.07. The van der Waals surface area contributed by atoms with Crippen LogP contribution in [-0.2, 0) is 32.6 Å². The lowest BCUT2D eigenvalue weighted by atomic mass is 10.1. The first-order valence-corrected chi connectivity index (χ1v) is 11.7. The average Bonchev–Trinajstić information content (AvgIpc) is 3.01. The van der Waals surface area contributed by atoms with Gasteiger partial charge in [-0.05, 0) is 48.9 Å². The summed E-state index contributed by atoms with van der Waals surface area (Å²) >= 11 is 0. The number of carbonyl (C=O) groups is 2. The summed E-state index contributed by atoms with van der Waals surface area (Å²) in [6, 6.07) is 14.8. The number of benzene rings is 2. The number of nitrogens with zero attached hydrogens (tertiary/aromatic N) is 1. The first kappa shape index (κ1) is 22.6. The lowest BCUT2D eigenvalue weighted by molar-refractivity contribution is -0.121. The van der Waals surface area contributed by atoms with Crippen LogP contribution < -0.4 is 14.3 Å². The lowest BCUT2D eigenvalue weighted by Gasteiger charge is -2.16. The van der Waals surface area contributed by atoms with E-state index < -0.39 is 16.1 Å². The highest BCUT2D eigenvalue weighted by atomic mass is 32.2. The molecule has 1 saturated heterocycles. The van der Waals surface area contributed by atoms with Gasteiger partial charge in [-0.2, -0.15) is 8.42 Å². The molecule has 8 nitrogen and oxygen atoms in total. The molecule has 0 saturated carbocycles. The second kappa shape index (κ2) is 10.3. The number of amides is 2. The van der Waals surface area contributed by atoms with Gasteiger partial charge in [0, 0.05) is 13.0 Å². The molecule has 0 spiro atoms. The van der Waals surface area contributed by atoms with E-state index in [-0.39, 0.29) is 30.3 Å². The third-order valence-corrected chi connectivity index (χ3v) is 6.47. The van der Waals surface area contributed by atoms with Crippen LogP contribution in [0.3, 0.4) is 0 Å². The number of aryl methyl sites for hydroxylation is 2. The Kier molecular flexibility index (Phi) is 7.51. The van der Waals surface area contributed by atoms with E-state index in [1.54, 1.807) is 6.07 Å². The molecule has 0 aliphatic carbocycles. The van der Waals surface area contributed by atoms with Gasteiger partial charge in [0.15, 0.2) is 0 Å². The zero-order chi connectivity index (χ0) is 22.3. The number of aromatic hydroxyl groups is 1. The number of unbranched alkanes of at least 4 members (excludes halogenated alkanes) is 2. The molecule has 1 aliphatic heterocycles. The van der Waals surface area contributed by atoms with Crippen LogP contribution in [0.25, 0.3) is 0 Å².